The topological polar surface area (TPSA) is 71.8 Å². The Bertz CT molecular complexity index is 1200. The molecule has 0 atom stereocenters. The van der Waals surface area contributed by atoms with E-state index < -0.39 is 0 Å². The van der Waals surface area contributed by atoms with Crippen LogP contribution in [0, 0.1) is 0 Å². The first-order valence-corrected chi connectivity index (χ1v) is 10.7. The predicted octanol–water partition coefficient (Wildman–Crippen LogP) is 4.89. The van der Waals surface area contributed by atoms with Crippen molar-refractivity contribution in [1.82, 2.24) is 20.3 Å². The van der Waals surface area contributed by atoms with Gasteiger partial charge in [-0.1, -0.05) is 43.7 Å². The fraction of sp³-hybridized carbons (Fsp3) is 0.167. The lowest BCUT2D eigenvalue weighted by molar-refractivity contribution is 0.0977. The van der Waals surface area contributed by atoms with E-state index in [2.05, 4.69) is 39.9 Å². The second kappa shape index (κ2) is 9.49. The Labute approximate surface area is 186 Å². The highest BCUT2D eigenvalue weighted by Gasteiger charge is 2.09. The summed E-state index contributed by atoms with van der Waals surface area (Å²) in [5.74, 6) is -0.257. The molecule has 0 unspecified atom stereocenters. The van der Waals surface area contributed by atoms with Crippen molar-refractivity contribution in [3.63, 3.8) is 0 Å². The van der Waals surface area contributed by atoms with Gasteiger partial charge in [0.25, 0.3) is 5.91 Å². The molecular weight excluding hydrogens is 406 g/mol. The largest absolute Gasteiger partial charge is 0.332 e. The number of rotatable bonds is 6. The van der Waals surface area contributed by atoms with Gasteiger partial charge in [-0.2, -0.15) is 4.80 Å². The van der Waals surface area contributed by atoms with Crippen molar-refractivity contribution in [2.75, 3.05) is 5.32 Å². The van der Waals surface area contributed by atoms with Crippen LogP contribution in [0.5, 0.6) is 0 Å². The van der Waals surface area contributed by atoms with Gasteiger partial charge in [0.1, 0.15) is 11.0 Å². The number of amides is 1. The summed E-state index contributed by atoms with van der Waals surface area (Å²) in [4.78, 5) is 13.9. The molecule has 1 aromatic heterocycles. The maximum absolute atomic E-state index is 12.2. The number of nitrogens with zero attached hydrogens (tertiary/aromatic N) is 3. The van der Waals surface area contributed by atoms with Gasteiger partial charge in [-0.3, -0.25) is 10.1 Å². The van der Waals surface area contributed by atoms with E-state index in [-0.39, 0.29) is 11.0 Å². The van der Waals surface area contributed by atoms with Crippen LogP contribution in [0.25, 0.3) is 16.7 Å². The highest BCUT2D eigenvalue weighted by molar-refractivity contribution is 7.80. The summed E-state index contributed by atoms with van der Waals surface area (Å²) >= 11 is 5.27. The van der Waals surface area contributed by atoms with Crippen LogP contribution in [0.15, 0.2) is 72.8 Å². The van der Waals surface area contributed by atoms with Crippen LogP contribution in [0.2, 0.25) is 0 Å². The Morgan fingerprint density at radius 2 is 1.71 bits per heavy atom. The number of aryl methyl sites for hydroxylation is 1. The Balaban J connectivity index is 1.45. The van der Waals surface area contributed by atoms with Crippen LogP contribution < -0.4 is 10.6 Å². The molecule has 0 aliphatic heterocycles. The molecule has 0 aliphatic carbocycles. The lowest BCUT2D eigenvalue weighted by Gasteiger charge is -2.09. The van der Waals surface area contributed by atoms with Crippen LogP contribution in [-0.4, -0.2) is 26.0 Å². The summed E-state index contributed by atoms with van der Waals surface area (Å²) in [6.07, 6.45) is 3.46. The first kappa shape index (κ1) is 20.7. The van der Waals surface area contributed by atoms with E-state index in [1.54, 1.807) is 29.1 Å². The van der Waals surface area contributed by atoms with Crippen LogP contribution in [0.3, 0.4) is 0 Å². The number of hydrogen-bond donors (Lipinski definition) is 2. The Morgan fingerprint density at radius 1 is 0.968 bits per heavy atom. The Morgan fingerprint density at radius 3 is 2.45 bits per heavy atom. The van der Waals surface area contributed by atoms with Crippen molar-refractivity contribution in [3.05, 3.63) is 83.9 Å². The van der Waals surface area contributed by atoms with Gasteiger partial charge in [0.15, 0.2) is 5.11 Å². The number of unbranched alkanes of at least 4 members (excludes halogenated alkanes) is 1. The molecule has 0 radical (unpaired) electrons. The van der Waals surface area contributed by atoms with E-state index in [1.165, 1.54) is 18.4 Å². The number of anilines is 1. The molecule has 156 valence electrons. The molecular formula is C24H23N5OS. The monoisotopic (exact) mass is 429 g/mol. The zero-order valence-corrected chi connectivity index (χ0v) is 18.0. The fourth-order valence-electron chi connectivity index (χ4n) is 3.21. The second-order valence-electron chi connectivity index (χ2n) is 7.24. The SMILES string of the molecule is CCCCc1ccc(-n2nc3ccc(NC(=S)NC(=O)c4ccccc4)cc3n2)cc1. The van der Waals surface area contributed by atoms with Crippen molar-refractivity contribution >= 4 is 40.0 Å². The minimum atomic E-state index is -0.257. The molecule has 4 aromatic rings. The van der Waals surface area contributed by atoms with Crippen molar-refractivity contribution < 1.29 is 4.79 Å². The van der Waals surface area contributed by atoms with Gasteiger partial charge >= 0.3 is 0 Å². The molecule has 4 rings (SSSR count). The van der Waals surface area contributed by atoms with Crippen LogP contribution in [0.1, 0.15) is 35.7 Å². The first-order chi connectivity index (χ1) is 15.1. The standard InChI is InChI=1S/C24H23N5OS/c1-2-3-7-17-10-13-20(14-11-17)29-27-21-15-12-19(16-22(21)28-29)25-24(31)26-23(30)18-8-5-4-6-9-18/h4-6,8-16H,2-3,7H2,1H3,(H2,25,26,30,31). The van der Waals surface area contributed by atoms with Gasteiger partial charge < -0.3 is 5.32 Å². The molecule has 31 heavy (non-hydrogen) atoms. The normalized spacial score (nSPS) is 10.7. The lowest BCUT2D eigenvalue weighted by Crippen LogP contribution is -2.34. The van der Waals surface area contributed by atoms with Gasteiger partial charge in [0.05, 0.1) is 5.69 Å². The highest BCUT2D eigenvalue weighted by Crippen LogP contribution is 2.18. The van der Waals surface area contributed by atoms with E-state index >= 15 is 0 Å². The number of benzene rings is 3. The molecule has 3 aromatic carbocycles. The van der Waals surface area contributed by atoms with E-state index in [9.17, 15) is 4.79 Å². The number of nitrogens with one attached hydrogen (secondary N) is 2. The lowest BCUT2D eigenvalue weighted by atomic mass is 10.1. The average Bonchev–Trinajstić information content (AvgIpc) is 3.22. The third kappa shape index (κ3) is 5.13. The summed E-state index contributed by atoms with van der Waals surface area (Å²) in [6.45, 7) is 2.20. The van der Waals surface area contributed by atoms with Crippen LogP contribution >= 0.6 is 12.2 Å². The number of carbonyl (C=O) groups excluding carboxylic acids is 1. The smallest absolute Gasteiger partial charge is 0.257 e. The van der Waals surface area contributed by atoms with Crippen molar-refractivity contribution in [2.45, 2.75) is 26.2 Å². The highest BCUT2D eigenvalue weighted by atomic mass is 32.1. The molecule has 6 nitrogen and oxygen atoms in total. The third-order valence-corrected chi connectivity index (χ3v) is 5.09. The molecule has 0 spiro atoms. The van der Waals surface area contributed by atoms with Gasteiger partial charge in [0.2, 0.25) is 0 Å². The van der Waals surface area contributed by atoms with E-state index in [0.29, 0.717) is 5.56 Å². The summed E-state index contributed by atoms with van der Waals surface area (Å²) < 4.78 is 0. The minimum absolute atomic E-state index is 0.225. The van der Waals surface area contributed by atoms with Crippen molar-refractivity contribution in [1.29, 1.82) is 0 Å². The third-order valence-electron chi connectivity index (χ3n) is 4.89. The summed E-state index contributed by atoms with van der Waals surface area (Å²) in [6, 6.07) is 22.9. The summed E-state index contributed by atoms with van der Waals surface area (Å²) in [5, 5.41) is 15.1. The minimum Gasteiger partial charge on any atom is -0.332 e. The molecule has 0 bridgehead atoms. The predicted molar refractivity (Wildman–Crippen MR) is 128 cm³/mol. The van der Waals surface area contributed by atoms with E-state index in [0.717, 1.165) is 28.8 Å². The van der Waals surface area contributed by atoms with Crippen molar-refractivity contribution in [2.24, 2.45) is 0 Å². The number of aromatic nitrogens is 3. The molecule has 0 aliphatic rings. The molecule has 0 fully saturated rings. The molecule has 2 N–H and O–H groups in total. The number of fused-ring (bicyclic) bond motifs is 1. The number of carbonyl (C=O) groups is 1. The molecule has 0 saturated carbocycles. The summed E-state index contributed by atoms with van der Waals surface area (Å²) in [7, 11) is 0. The Kier molecular flexibility index (Phi) is 6.33. The van der Waals surface area contributed by atoms with Gasteiger partial charge in [0, 0.05) is 11.3 Å². The fourth-order valence-corrected chi connectivity index (χ4v) is 3.42. The molecule has 7 heteroatoms. The average molecular weight is 430 g/mol. The van der Waals surface area contributed by atoms with Gasteiger partial charge in [-0.05, 0) is 73.1 Å². The van der Waals surface area contributed by atoms with E-state index in [4.69, 9.17) is 12.2 Å². The van der Waals surface area contributed by atoms with Crippen molar-refractivity contribution in [3.8, 4) is 5.69 Å². The Hall–Kier alpha value is -3.58. The van der Waals surface area contributed by atoms with Crippen LogP contribution in [0.4, 0.5) is 5.69 Å². The molecule has 1 amide bonds. The van der Waals surface area contributed by atoms with Gasteiger partial charge in [-0.15, -0.1) is 10.2 Å². The summed E-state index contributed by atoms with van der Waals surface area (Å²) in [5.41, 5.74) is 5.02. The zero-order chi connectivity index (χ0) is 21.6. The maximum atomic E-state index is 12.2. The number of hydrogen-bond acceptors (Lipinski definition) is 4. The van der Waals surface area contributed by atoms with E-state index in [1.807, 2.05) is 36.4 Å². The maximum Gasteiger partial charge on any atom is 0.257 e. The number of thiocarbonyl (C=S) groups is 1. The second-order valence-corrected chi connectivity index (χ2v) is 7.65. The van der Waals surface area contributed by atoms with Crippen LogP contribution in [-0.2, 0) is 6.42 Å². The zero-order valence-electron chi connectivity index (χ0n) is 17.2. The molecule has 0 saturated heterocycles. The molecule has 1 heterocycles. The quantitative estimate of drug-likeness (QED) is 0.427. The first-order valence-electron chi connectivity index (χ1n) is 10.3. The van der Waals surface area contributed by atoms with Gasteiger partial charge in [-0.25, -0.2) is 0 Å².